The van der Waals surface area contributed by atoms with Gasteiger partial charge in [0, 0.05) is 16.7 Å². The van der Waals surface area contributed by atoms with E-state index in [1.165, 1.54) is 11.8 Å². The Balaban J connectivity index is 0.000000303. The lowest BCUT2D eigenvalue weighted by Gasteiger charge is -2.15. The van der Waals surface area contributed by atoms with E-state index in [-0.39, 0.29) is 17.1 Å². The maximum absolute atomic E-state index is 11.2. The number of hydrogen-bond donors (Lipinski definition) is 3. The molecule has 9 heteroatoms. The highest BCUT2D eigenvalue weighted by molar-refractivity contribution is 7.99. The number of carbonyl (C=O) groups is 3. The molecule has 0 saturated carbocycles. The second kappa shape index (κ2) is 12.2. The van der Waals surface area contributed by atoms with Gasteiger partial charge >= 0.3 is 18.0 Å². The van der Waals surface area contributed by atoms with E-state index < -0.39 is 18.1 Å². The van der Waals surface area contributed by atoms with E-state index in [1.807, 2.05) is 25.1 Å². The number of carboxylic acids is 1. The van der Waals surface area contributed by atoms with Crippen molar-refractivity contribution >= 4 is 29.8 Å². The number of benzene rings is 1. The summed E-state index contributed by atoms with van der Waals surface area (Å²) in [6.45, 7) is 4.47. The molecule has 2 atom stereocenters. The van der Waals surface area contributed by atoms with Gasteiger partial charge in [-0.1, -0.05) is 31.5 Å². The highest BCUT2D eigenvalue weighted by atomic mass is 32.2. The number of cyclic esters (lactones) is 1. The predicted molar refractivity (Wildman–Crippen MR) is 102 cm³/mol. The molecule has 2 unspecified atom stereocenters. The van der Waals surface area contributed by atoms with Gasteiger partial charge in [0.15, 0.2) is 0 Å². The summed E-state index contributed by atoms with van der Waals surface area (Å²) < 4.78 is 9.60. The van der Waals surface area contributed by atoms with Crippen molar-refractivity contribution in [2.45, 2.75) is 44.7 Å². The summed E-state index contributed by atoms with van der Waals surface area (Å²) in [5.41, 5.74) is 7.20. The average molecular weight is 398 g/mol. The van der Waals surface area contributed by atoms with E-state index in [2.05, 4.69) is 5.32 Å². The topological polar surface area (TPSA) is 128 Å². The van der Waals surface area contributed by atoms with Crippen molar-refractivity contribution in [3.63, 3.8) is 0 Å². The second-order valence-corrected chi connectivity index (χ2v) is 7.21. The fraction of sp³-hybridized carbons (Fsp3) is 0.500. The second-order valence-electron chi connectivity index (χ2n) is 5.80. The van der Waals surface area contributed by atoms with E-state index in [0.29, 0.717) is 18.8 Å². The van der Waals surface area contributed by atoms with E-state index in [4.69, 9.17) is 20.3 Å². The van der Waals surface area contributed by atoms with Gasteiger partial charge < -0.3 is 25.6 Å². The molecular weight excluding hydrogens is 372 g/mol. The summed E-state index contributed by atoms with van der Waals surface area (Å²) in [6, 6.07) is 6.46. The van der Waals surface area contributed by atoms with Gasteiger partial charge in [0.2, 0.25) is 0 Å². The minimum atomic E-state index is -1.09. The molecule has 0 saturated heterocycles. The number of aliphatic carboxylic acids is 1. The molecule has 0 bridgehead atoms. The highest BCUT2D eigenvalue weighted by Gasteiger charge is 2.21. The fourth-order valence-corrected chi connectivity index (χ4v) is 2.70. The van der Waals surface area contributed by atoms with Crippen LogP contribution < -0.4 is 11.1 Å². The molecular formula is C18H26N2O6S. The van der Waals surface area contributed by atoms with Crippen LogP contribution in [0.4, 0.5) is 4.79 Å². The maximum Gasteiger partial charge on any atom is 0.407 e. The first-order chi connectivity index (χ1) is 12.8. The number of nitrogens with two attached hydrogens (primary N) is 1. The lowest BCUT2D eigenvalue weighted by atomic mass is 10.1. The van der Waals surface area contributed by atoms with Crippen LogP contribution in [0.2, 0.25) is 0 Å². The molecule has 1 aliphatic heterocycles. The van der Waals surface area contributed by atoms with Gasteiger partial charge in [0.25, 0.3) is 0 Å². The van der Waals surface area contributed by atoms with Crippen LogP contribution in [0.3, 0.4) is 0 Å². The Hall–Kier alpha value is -2.26. The molecule has 1 aliphatic rings. The van der Waals surface area contributed by atoms with Crippen LogP contribution in [-0.2, 0) is 20.9 Å². The van der Waals surface area contributed by atoms with E-state index in [9.17, 15) is 14.4 Å². The Morgan fingerprint density at radius 3 is 2.70 bits per heavy atom. The third-order valence-corrected chi connectivity index (χ3v) is 4.49. The summed E-state index contributed by atoms with van der Waals surface area (Å²) in [6.07, 6.45) is 0.978. The number of hydrogen-bond acceptors (Lipinski definition) is 7. The normalized spacial score (nSPS) is 14.1. The summed E-state index contributed by atoms with van der Waals surface area (Å²) in [4.78, 5) is 32.9. The first-order valence-electron chi connectivity index (χ1n) is 8.63. The first-order valence-corrected chi connectivity index (χ1v) is 9.68. The van der Waals surface area contributed by atoms with Crippen molar-refractivity contribution in [2.24, 2.45) is 5.73 Å². The maximum atomic E-state index is 11.2. The summed E-state index contributed by atoms with van der Waals surface area (Å²) in [5, 5.41) is 11.0. The number of esters is 1. The summed E-state index contributed by atoms with van der Waals surface area (Å²) >= 11 is 1.26. The van der Waals surface area contributed by atoms with Gasteiger partial charge in [0.05, 0.1) is 12.2 Å². The number of carbonyl (C=O) groups excluding carboxylic acids is 2. The van der Waals surface area contributed by atoms with Crippen molar-refractivity contribution in [1.29, 1.82) is 0 Å². The van der Waals surface area contributed by atoms with Crippen LogP contribution in [0.1, 0.15) is 42.6 Å². The molecule has 0 aromatic heterocycles. The van der Waals surface area contributed by atoms with Gasteiger partial charge in [0.1, 0.15) is 12.6 Å². The van der Waals surface area contributed by atoms with Crippen molar-refractivity contribution in [2.75, 3.05) is 12.4 Å². The van der Waals surface area contributed by atoms with Crippen LogP contribution >= 0.6 is 11.8 Å². The van der Waals surface area contributed by atoms with Gasteiger partial charge in [-0.15, -0.1) is 11.8 Å². The van der Waals surface area contributed by atoms with Crippen molar-refractivity contribution in [3.8, 4) is 0 Å². The number of amides is 1. The largest absolute Gasteiger partial charge is 0.480 e. The molecule has 1 amide bonds. The van der Waals surface area contributed by atoms with Crippen LogP contribution in [0, 0.1) is 0 Å². The molecule has 150 valence electrons. The Labute approximate surface area is 162 Å². The molecule has 0 spiro atoms. The zero-order chi connectivity index (χ0) is 20.2. The van der Waals surface area contributed by atoms with Gasteiger partial charge in [-0.3, -0.25) is 0 Å². The Bertz CT molecular complexity index is 638. The fourth-order valence-electron chi connectivity index (χ4n) is 1.98. The number of alkyl carbamates (subject to hydrolysis) is 1. The van der Waals surface area contributed by atoms with Crippen LogP contribution in [-0.4, -0.2) is 46.9 Å². The summed E-state index contributed by atoms with van der Waals surface area (Å²) in [7, 11) is 0. The number of unbranched alkanes of at least 4 members (excludes halogenated alkanes) is 1. The van der Waals surface area contributed by atoms with Crippen molar-refractivity contribution < 1.29 is 29.0 Å². The molecule has 8 nitrogen and oxygen atoms in total. The number of thioether (sulfide) groups is 1. The predicted octanol–water partition coefficient (Wildman–Crippen LogP) is 2.36. The molecule has 0 fully saturated rings. The zero-order valence-corrected chi connectivity index (χ0v) is 16.3. The number of fused-ring (bicyclic) bond motifs is 1. The lowest BCUT2D eigenvalue weighted by molar-refractivity contribution is -0.138. The molecule has 0 radical (unpaired) electrons. The van der Waals surface area contributed by atoms with Gasteiger partial charge in [-0.2, -0.15) is 0 Å². The van der Waals surface area contributed by atoms with E-state index in [0.717, 1.165) is 18.4 Å². The highest BCUT2D eigenvalue weighted by Crippen LogP contribution is 2.18. The van der Waals surface area contributed by atoms with E-state index >= 15 is 0 Å². The third-order valence-electron chi connectivity index (χ3n) is 3.44. The summed E-state index contributed by atoms with van der Waals surface area (Å²) in [5.74, 6) is -1.07. The number of rotatable bonds is 8. The molecule has 2 rings (SSSR count). The SMILES string of the molecule is CCCCOC(=O)NC(CSC(C)N)C(=O)O.O=C1OCc2ccccc21. The Morgan fingerprint density at radius 2 is 2.11 bits per heavy atom. The first kappa shape index (κ1) is 22.8. The minimum absolute atomic E-state index is 0.172. The average Bonchev–Trinajstić information content (AvgIpc) is 3.00. The van der Waals surface area contributed by atoms with Gasteiger partial charge in [-0.25, -0.2) is 14.4 Å². The third kappa shape index (κ3) is 8.78. The molecule has 1 aromatic rings. The molecule has 1 heterocycles. The number of carboxylic acid groups (broad SMARTS) is 1. The molecule has 0 aliphatic carbocycles. The smallest absolute Gasteiger partial charge is 0.407 e. The number of nitrogens with one attached hydrogen (secondary N) is 1. The molecule has 1 aromatic carbocycles. The lowest BCUT2D eigenvalue weighted by Crippen LogP contribution is -2.43. The van der Waals surface area contributed by atoms with E-state index in [1.54, 1.807) is 13.0 Å². The van der Waals surface area contributed by atoms with Crippen molar-refractivity contribution in [1.82, 2.24) is 5.32 Å². The Kier molecular flexibility index (Phi) is 10.3. The molecule has 27 heavy (non-hydrogen) atoms. The monoisotopic (exact) mass is 398 g/mol. The van der Waals surface area contributed by atoms with Crippen LogP contribution in [0.15, 0.2) is 24.3 Å². The van der Waals surface area contributed by atoms with Crippen LogP contribution in [0.25, 0.3) is 0 Å². The quantitative estimate of drug-likeness (QED) is 0.346. The van der Waals surface area contributed by atoms with Crippen LogP contribution in [0.5, 0.6) is 0 Å². The molecule has 4 N–H and O–H groups in total. The standard InChI is InChI=1S/C10H20N2O4S.C8H6O2/c1-3-4-5-16-10(15)12-8(9(13)14)6-17-7(2)11;9-8-7-4-2-1-3-6(7)5-10-8/h7-8H,3-6,11H2,1-2H3,(H,12,15)(H,13,14);1-4H,5H2. The minimum Gasteiger partial charge on any atom is -0.480 e. The van der Waals surface area contributed by atoms with Gasteiger partial charge in [-0.05, 0) is 19.4 Å². The zero-order valence-electron chi connectivity index (χ0n) is 15.5. The number of ether oxygens (including phenoxy) is 2. The Morgan fingerprint density at radius 1 is 1.41 bits per heavy atom. The van der Waals surface area contributed by atoms with Crippen molar-refractivity contribution in [3.05, 3.63) is 35.4 Å².